The van der Waals surface area contributed by atoms with Gasteiger partial charge in [0.1, 0.15) is 0 Å². The Morgan fingerprint density at radius 3 is 3.09 bits per heavy atom. The van der Waals surface area contributed by atoms with Crippen LogP contribution in [0.15, 0.2) is 0 Å². The van der Waals surface area contributed by atoms with E-state index in [-0.39, 0.29) is 12.4 Å². The van der Waals surface area contributed by atoms with Crippen molar-refractivity contribution in [3.05, 3.63) is 0 Å². The molecule has 2 aliphatic heterocycles. The maximum Gasteiger partial charge on any atom is 0.0626 e. The Morgan fingerprint density at radius 2 is 2.36 bits per heavy atom. The molecular formula is C8H16ClNO. The molecule has 0 unspecified atom stereocenters. The molecule has 0 aromatic heterocycles. The highest BCUT2D eigenvalue weighted by molar-refractivity contribution is 5.85. The van der Waals surface area contributed by atoms with Crippen molar-refractivity contribution in [3.8, 4) is 0 Å². The Balaban J connectivity index is 0.000000605. The first-order chi connectivity index (χ1) is 4.81. The Morgan fingerprint density at radius 1 is 1.55 bits per heavy atom. The molecule has 0 bridgehead atoms. The van der Waals surface area contributed by atoms with Crippen molar-refractivity contribution in [3.63, 3.8) is 0 Å². The van der Waals surface area contributed by atoms with Gasteiger partial charge < -0.3 is 10.1 Å². The Hall–Kier alpha value is 0.210. The third-order valence-electron chi connectivity index (χ3n) is 2.87. The Kier molecular flexibility index (Phi) is 2.79. The number of halogens is 1. The molecule has 2 nitrogen and oxygen atoms in total. The fourth-order valence-electron chi connectivity index (χ4n) is 2.03. The van der Waals surface area contributed by atoms with Crippen LogP contribution in [0.2, 0.25) is 0 Å². The van der Waals surface area contributed by atoms with Crippen LogP contribution in [0, 0.1) is 5.41 Å². The van der Waals surface area contributed by atoms with E-state index in [0.717, 1.165) is 13.2 Å². The second-order valence-corrected chi connectivity index (χ2v) is 3.78. The number of piperidine rings is 1. The zero-order valence-corrected chi connectivity index (χ0v) is 7.75. The van der Waals surface area contributed by atoms with Gasteiger partial charge in [0, 0.05) is 11.5 Å². The maximum atomic E-state index is 5.43. The average molecular weight is 178 g/mol. The van der Waals surface area contributed by atoms with Gasteiger partial charge in [-0.05, 0) is 19.4 Å². The lowest BCUT2D eigenvalue weighted by molar-refractivity contribution is 0.149. The molecule has 0 aromatic carbocycles. The number of hydrogen-bond acceptors (Lipinski definition) is 2. The number of ether oxygens (including phenoxy) is 1. The van der Waals surface area contributed by atoms with Crippen molar-refractivity contribution in [2.75, 3.05) is 19.8 Å². The van der Waals surface area contributed by atoms with Crippen molar-refractivity contribution in [2.45, 2.75) is 25.8 Å². The minimum atomic E-state index is 0. The van der Waals surface area contributed by atoms with Gasteiger partial charge in [-0.25, -0.2) is 0 Å². The fourth-order valence-corrected chi connectivity index (χ4v) is 2.03. The van der Waals surface area contributed by atoms with Gasteiger partial charge in [0.2, 0.25) is 0 Å². The first-order valence-electron chi connectivity index (χ1n) is 4.12. The summed E-state index contributed by atoms with van der Waals surface area (Å²) in [4.78, 5) is 0. The second kappa shape index (κ2) is 3.30. The zero-order valence-electron chi connectivity index (χ0n) is 6.93. The molecule has 0 saturated carbocycles. The number of rotatable bonds is 0. The molecule has 2 heterocycles. The van der Waals surface area contributed by atoms with Gasteiger partial charge in [-0.1, -0.05) is 6.92 Å². The molecule has 1 N–H and O–H groups in total. The molecule has 11 heavy (non-hydrogen) atoms. The summed E-state index contributed by atoms with van der Waals surface area (Å²) < 4.78 is 5.43. The van der Waals surface area contributed by atoms with E-state index in [9.17, 15) is 0 Å². The van der Waals surface area contributed by atoms with Crippen LogP contribution in [0.3, 0.4) is 0 Å². The normalized spacial score (nSPS) is 42.8. The van der Waals surface area contributed by atoms with E-state index in [2.05, 4.69) is 12.2 Å². The van der Waals surface area contributed by atoms with Gasteiger partial charge in [0.25, 0.3) is 0 Å². The fraction of sp³-hybridized carbons (Fsp3) is 1.00. The van der Waals surface area contributed by atoms with Crippen LogP contribution in [0.5, 0.6) is 0 Å². The van der Waals surface area contributed by atoms with Gasteiger partial charge in [0.05, 0.1) is 13.2 Å². The monoisotopic (exact) mass is 177 g/mol. The zero-order chi connectivity index (χ0) is 7.03. The topological polar surface area (TPSA) is 21.3 Å². The van der Waals surface area contributed by atoms with Gasteiger partial charge in [-0.15, -0.1) is 12.4 Å². The number of hydrogen-bond donors (Lipinski definition) is 1. The summed E-state index contributed by atoms with van der Waals surface area (Å²) in [5.74, 6) is 0. The highest BCUT2D eigenvalue weighted by atomic mass is 35.5. The van der Waals surface area contributed by atoms with E-state index in [4.69, 9.17) is 4.74 Å². The van der Waals surface area contributed by atoms with Crippen LogP contribution in [0.25, 0.3) is 0 Å². The predicted molar refractivity (Wildman–Crippen MR) is 47.2 cm³/mol. The number of fused-ring (bicyclic) bond motifs is 1. The van der Waals surface area contributed by atoms with E-state index in [1.54, 1.807) is 0 Å². The van der Waals surface area contributed by atoms with E-state index in [1.165, 1.54) is 19.4 Å². The molecule has 3 heteroatoms. The highest BCUT2D eigenvalue weighted by Gasteiger charge is 2.41. The first kappa shape index (κ1) is 9.30. The van der Waals surface area contributed by atoms with Gasteiger partial charge in [-0.2, -0.15) is 0 Å². The van der Waals surface area contributed by atoms with E-state index < -0.39 is 0 Å². The largest absolute Gasteiger partial charge is 0.379 e. The van der Waals surface area contributed by atoms with Crippen LogP contribution in [0.1, 0.15) is 19.8 Å². The van der Waals surface area contributed by atoms with Gasteiger partial charge in [0.15, 0.2) is 0 Å². The molecule has 2 fully saturated rings. The third-order valence-corrected chi connectivity index (χ3v) is 2.87. The predicted octanol–water partition coefficient (Wildman–Crippen LogP) is 1.20. The summed E-state index contributed by atoms with van der Waals surface area (Å²) in [5, 5.41) is 3.50. The summed E-state index contributed by atoms with van der Waals surface area (Å²) in [7, 11) is 0. The van der Waals surface area contributed by atoms with E-state index in [0.29, 0.717) is 11.5 Å². The lowest BCUT2D eigenvalue weighted by Gasteiger charge is -2.34. The highest BCUT2D eigenvalue weighted by Crippen LogP contribution is 2.35. The van der Waals surface area contributed by atoms with Gasteiger partial charge in [-0.3, -0.25) is 0 Å². The minimum absolute atomic E-state index is 0. The SMILES string of the molecule is C[C@@]12CCCN[C@@H]1COC2.Cl. The van der Waals surface area contributed by atoms with Crippen LogP contribution in [-0.2, 0) is 4.74 Å². The van der Waals surface area contributed by atoms with Crippen LogP contribution in [0.4, 0.5) is 0 Å². The lowest BCUT2D eigenvalue weighted by Crippen LogP contribution is -2.47. The van der Waals surface area contributed by atoms with Crippen LogP contribution in [-0.4, -0.2) is 25.8 Å². The summed E-state index contributed by atoms with van der Waals surface area (Å²) in [6.45, 7) is 5.40. The molecular weight excluding hydrogens is 162 g/mol. The van der Waals surface area contributed by atoms with Crippen molar-refractivity contribution in [1.29, 1.82) is 0 Å². The second-order valence-electron chi connectivity index (χ2n) is 3.78. The smallest absolute Gasteiger partial charge is 0.0626 e. The van der Waals surface area contributed by atoms with Crippen molar-refractivity contribution in [1.82, 2.24) is 5.32 Å². The maximum absolute atomic E-state index is 5.43. The summed E-state index contributed by atoms with van der Waals surface area (Å²) in [6.07, 6.45) is 2.65. The molecule has 0 amide bonds. The van der Waals surface area contributed by atoms with Crippen molar-refractivity contribution < 1.29 is 4.74 Å². The molecule has 2 saturated heterocycles. The quantitative estimate of drug-likeness (QED) is 0.601. The lowest BCUT2D eigenvalue weighted by atomic mass is 9.78. The van der Waals surface area contributed by atoms with Crippen molar-refractivity contribution in [2.24, 2.45) is 5.41 Å². The van der Waals surface area contributed by atoms with Crippen molar-refractivity contribution >= 4 is 12.4 Å². The summed E-state index contributed by atoms with van der Waals surface area (Å²) in [6, 6.07) is 0.640. The molecule has 0 radical (unpaired) electrons. The molecule has 2 atom stereocenters. The summed E-state index contributed by atoms with van der Waals surface area (Å²) >= 11 is 0. The van der Waals surface area contributed by atoms with Gasteiger partial charge >= 0.3 is 0 Å². The average Bonchev–Trinajstić information content (AvgIpc) is 2.29. The van der Waals surface area contributed by atoms with Crippen LogP contribution >= 0.6 is 12.4 Å². The first-order valence-corrected chi connectivity index (χ1v) is 4.12. The van der Waals surface area contributed by atoms with E-state index in [1.807, 2.05) is 0 Å². The molecule has 66 valence electrons. The summed E-state index contributed by atoms with van der Waals surface area (Å²) in [5.41, 5.74) is 0.457. The molecule has 2 rings (SSSR count). The number of nitrogens with one attached hydrogen (secondary N) is 1. The molecule has 0 aromatic rings. The van der Waals surface area contributed by atoms with E-state index >= 15 is 0 Å². The van der Waals surface area contributed by atoms with Crippen LogP contribution < -0.4 is 5.32 Å². The Bertz CT molecular complexity index is 142. The Labute approximate surface area is 74.1 Å². The minimum Gasteiger partial charge on any atom is -0.379 e. The molecule has 0 spiro atoms. The molecule has 0 aliphatic carbocycles. The molecule has 2 aliphatic rings. The third kappa shape index (κ3) is 1.53. The standard InChI is InChI=1S/C8H15NO.ClH/c1-8-3-2-4-9-7(8)5-10-6-8;/h7,9H,2-6H2,1H3;1H/t7-,8+;/m1./s1.